The molecule has 1 N–H and O–H groups in total. The van der Waals surface area contributed by atoms with E-state index in [0.29, 0.717) is 47.8 Å². The zero-order valence-electron chi connectivity index (χ0n) is 31.1. The number of halogens is 2. The molecule has 0 radical (unpaired) electrons. The number of aliphatic hydroxyl groups is 1. The number of nitrogens with zero attached hydrogens (tertiary/aromatic N) is 4. The molecule has 8 rings (SSSR count). The van der Waals surface area contributed by atoms with Gasteiger partial charge in [-0.15, -0.1) is 0 Å². The number of aliphatic hydroxyl groups excluding tert-OH is 1. The summed E-state index contributed by atoms with van der Waals surface area (Å²) in [4.78, 5) is 45.4. The Balaban J connectivity index is 1.07. The first-order valence-electron chi connectivity index (χ1n) is 18.9. The molecule has 0 saturated carbocycles. The van der Waals surface area contributed by atoms with Crippen LogP contribution in [0.15, 0.2) is 102 Å². The predicted molar refractivity (Wildman–Crippen MR) is 213 cm³/mol. The van der Waals surface area contributed by atoms with Crippen molar-refractivity contribution in [2.45, 2.75) is 82.1 Å². The maximum absolute atomic E-state index is 16.5. The van der Waals surface area contributed by atoms with Crippen molar-refractivity contribution >= 4 is 54.8 Å². The Bertz CT molecular complexity index is 2180. The quantitative estimate of drug-likeness (QED) is 0.147. The lowest BCUT2D eigenvalue weighted by molar-refractivity contribution is -0.151. The van der Waals surface area contributed by atoms with Crippen molar-refractivity contribution < 1.29 is 28.3 Å². The standard InChI is InChI=1S/C43H44ClFN4O5Si/c1-27-41(55(2,3)45)38(23-40(52)47-25-31-12-8-7-11-30(31)21-34(47)26-50)54-43(27)35-22-32(44)15-19-37(35)48(42(43)53)24-28-13-16-33(17-14-28)49-39(51)20-18-36(46-49)29-9-5-4-6-10-29/h4-17,19,22,27,34,38,41,50H,18,20-21,23-26H2,1-3H3/t27-,34-,38+,41-,43+/m0/s1. The van der Waals surface area contributed by atoms with Crippen LogP contribution in [0, 0.1) is 5.92 Å². The summed E-state index contributed by atoms with van der Waals surface area (Å²) in [6, 6.07) is 29.9. The minimum atomic E-state index is -3.55. The van der Waals surface area contributed by atoms with Gasteiger partial charge < -0.3 is 23.8 Å². The monoisotopic (exact) mass is 778 g/mol. The maximum Gasteiger partial charge on any atom is 0.264 e. The summed E-state index contributed by atoms with van der Waals surface area (Å²) in [5, 5.41) is 16.8. The Labute approximate surface area is 326 Å². The highest BCUT2D eigenvalue weighted by Gasteiger charge is 2.67. The van der Waals surface area contributed by atoms with Gasteiger partial charge in [0.2, 0.25) is 20.2 Å². The molecule has 55 heavy (non-hydrogen) atoms. The Morgan fingerprint density at radius 3 is 2.40 bits per heavy atom. The van der Waals surface area contributed by atoms with E-state index in [1.165, 1.54) is 5.01 Å². The van der Waals surface area contributed by atoms with Crippen LogP contribution in [-0.2, 0) is 44.2 Å². The van der Waals surface area contributed by atoms with E-state index in [9.17, 15) is 19.5 Å². The molecule has 4 aromatic rings. The van der Waals surface area contributed by atoms with Crippen LogP contribution in [-0.4, -0.2) is 60.6 Å². The first-order chi connectivity index (χ1) is 26.4. The van der Waals surface area contributed by atoms with Gasteiger partial charge >= 0.3 is 0 Å². The number of ether oxygens (including phenoxy) is 1. The number of benzene rings is 4. The average molecular weight is 779 g/mol. The number of hydrogen-bond donors (Lipinski definition) is 1. The molecular weight excluding hydrogens is 735 g/mol. The van der Waals surface area contributed by atoms with Crippen molar-refractivity contribution in [3.8, 4) is 0 Å². The highest BCUT2D eigenvalue weighted by molar-refractivity contribution is 6.72. The van der Waals surface area contributed by atoms with E-state index < -0.39 is 37.6 Å². The van der Waals surface area contributed by atoms with Crippen molar-refractivity contribution in [3.05, 3.63) is 130 Å². The lowest BCUT2D eigenvalue weighted by atomic mass is 9.82. The van der Waals surface area contributed by atoms with E-state index in [-0.39, 0.29) is 37.3 Å². The van der Waals surface area contributed by atoms with Crippen molar-refractivity contribution in [2.75, 3.05) is 16.5 Å². The molecule has 1 fully saturated rings. The Hall–Kier alpha value is -4.68. The molecule has 4 aliphatic rings. The van der Waals surface area contributed by atoms with Crippen molar-refractivity contribution in [1.29, 1.82) is 0 Å². The smallest absolute Gasteiger partial charge is 0.264 e. The number of amides is 3. The van der Waals surface area contributed by atoms with Crippen molar-refractivity contribution in [3.63, 3.8) is 0 Å². The van der Waals surface area contributed by atoms with Gasteiger partial charge in [-0.1, -0.05) is 85.3 Å². The summed E-state index contributed by atoms with van der Waals surface area (Å²) in [7, 11) is -3.55. The van der Waals surface area contributed by atoms with Crippen LogP contribution < -0.4 is 9.91 Å². The first-order valence-corrected chi connectivity index (χ1v) is 22.2. The largest absolute Gasteiger partial charge is 0.394 e. The van der Waals surface area contributed by atoms with Crippen molar-refractivity contribution in [1.82, 2.24) is 4.90 Å². The SMILES string of the molecule is C[C@H]1[C@H]([Si](C)(C)F)[C@@H](CC(=O)N2Cc3ccccc3C[C@H]2CO)O[C@]12C(=O)N(Cc1ccc(N3N=C(c4ccccc4)CCC3=O)cc1)c1ccc(Cl)cc12. The van der Waals surface area contributed by atoms with Gasteiger partial charge in [0.25, 0.3) is 5.91 Å². The second kappa shape index (κ2) is 14.4. The fourth-order valence-electron chi connectivity index (χ4n) is 9.23. The van der Waals surface area contributed by atoms with Crippen LogP contribution >= 0.6 is 11.6 Å². The number of rotatable bonds is 8. The summed E-state index contributed by atoms with van der Waals surface area (Å²) in [6.45, 7) is 5.41. The van der Waals surface area contributed by atoms with Gasteiger partial charge in [0.1, 0.15) is 0 Å². The zero-order valence-corrected chi connectivity index (χ0v) is 32.9. The Morgan fingerprint density at radius 2 is 1.69 bits per heavy atom. The molecule has 9 nitrogen and oxygen atoms in total. The Morgan fingerprint density at radius 1 is 0.982 bits per heavy atom. The molecule has 4 aliphatic heterocycles. The van der Waals surface area contributed by atoms with Gasteiger partial charge in [-0.3, -0.25) is 14.4 Å². The summed E-state index contributed by atoms with van der Waals surface area (Å²) in [5.41, 5.74) is 4.29. The van der Waals surface area contributed by atoms with E-state index in [2.05, 4.69) is 5.10 Å². The number of hydrogen-bond acceptors (Lipinski definition) is 6. The number of fused-ring (bicyclic) bond motifs is 3. The molecule has 0 aliphatic carbocycles. The molecule has 0 bridgehead atoms. The van der Waals surface area contributed by atoms with E-state index in [1.54, 1.807) is 41.1 Å². The maximum atomic E-state index is 16.5. The highest BCUT2D eigenvalue weighted by atomic mass is 35.5. The van der Waals surface area contributed by atoms with E-state index >= 15 is 4.11 Å². The van der Waals surface area contributed by atoms with Crippen molar-refractivity contribution in [2.24, 2.45) is 11.0 Å². The van der Waals surface area contributed by atoms with Gasteiger partial charge in [0.05, 0.1) is 48.8 Å². The van der Waals surface area contributed by atoms with Gasteiger partial charge in [0.15, 0.2) is 5.60 Å². The molecule has 284 valence electrons. The third kappa shape index (κ3) is 6.60. The van der Waals surface area contributed by atoms with Crippen LogP contribution in [0.5, 0.6) is 0 Å². The topological polar surface area (TPSA) is 103 Å². The van der Waals surface area contributed by atoms with E-state index in [4.69, 9.17) is 16.3 Å². The second-order valence-electron chi connectivity index (χ2n) is 15.6. The molecule has 1 spiro atoms. The third-order valence-corrected chi connectivity index (χ3v) is 14.5. The lowest BCUT2D eigenvalue weighted by Gasteiger charge is -2.37. The second-order valence-corrected chi connectivity index (χ2v) is 19.9. The van der Waals surface area contributed by atoms with Crippen LogP contribution in [0.2, 0.25) is 23.7 Å². The summed E-state index contributed by atoms with van der Waals surface area (Å²) in [6.07, 6.45) is 0.438. The normalized spacial score (nSPS) is 25.0. The van der Waals surface area contributed by atoms with E-state index in [1.807, 2.05) is 85.8 Å². The molecule has 1 saturated heterocycles. The van der Waals surface area contributed by atoms with Crippen LogP contribution in [0.4, 0.5) is 15.5 Å². The molecule has 4 aromatic carbocycles. The van der Waals surface area contributed by atoms with Crippen LogP contribution in [0.3, 0.4) is 0 Å². The molecule has 3 amide bonds. The third-order valence-electron chi connectivity index (χ3n) is 11.8. The first kappa shape index (κ1) is 37.3. The number of carbonyl (C=O) groups is 3. The highest BCUT2D eigenvalue weighted by Crippen LogP contribution is 2.60. The summed E-state index contributed by atoms with van der Waals surface area (Å²) < 4.78 is 23.4. The molecule has 12 heteroatoms. The molecule has 4 heterocycles. The van der Waals surface area contributed by atoms with Crippen LogP contribution in [0.1, 0.15) is 54.0 Å². The average Bonchev–Trinajstić information content (AvgIpc) is 3.60. The fraction of sp³-hybridized carbons (Fsp3) is 0.349. The minimum Gasteiger partial charge on any atom is -0.394 e. The fourth-order valence-corrected chi connectivity index (χ4v) is 11.9. The Kier molecular flexibility index (Phi) is 9.77. The molecule has 5 atom stereocenters. The predicted octanol–water partition coefficient (Wildman–Crippen LogP) is 7.53. The molecule has 0 unspecified atom stereocenters. The number of carbonyl (C=O) groups excluding carboxylic acids is 3. The number of anilines is 2. The molecule has 0 aromatic heterocycles. The van der Waals surface area contributed by atoms with Gasteiger partial charge in [-0.05, 0) is 72.1 Å². The van der Waals surface area contributed by atoms with Crippen LogP contribution in [0.25, 0.3) is 0 Å². The van der Waals surface area contributed by atoms with Gasteiger partial charge in [-0.2, -0.15) is 5.10 Å². The van der Waals surface area contributed by atoms with Gasteiger partial charge in [-0.25, -0.2) is 5.01 Å². The zero-order chi connectivity index (χ0) is 38.6. The van der Waals surface area contributed by atoms with E-state index in [0.717, 1.165) is 28.0 Å². The lowest BCUT2D eigenvalue weighted by Crippen LogP contribution is -2.48. The minimum absolute atomic E-state index is 0.0961. The number of hydrazone groups is 1. The summed E-state index contributed by atoms with van der Waals surface area (Å²) >= 11 is 6.58. The molecular formula is C43H44ClFN4O5Si. The summed E-state index contributed by atoms with van der Waals surface area (Å²) in [5.74, 6) is -1.28. The van der Waals surface area contributed by atoms with Gasteiger partial charge in [0, 0.05) is 41.4 Å².